The molecule has 2 aromatic heterocycles. The third kappa shape index (κ3) is 4.38. The topological polar surface area (TPSA) is 84.5 Å². The normalized spacial score (nSPS) is 10.8. The van der Waals surface area contributed by atoms with Gasteiger partial charge in [-0.05, 0) is 48.4 Å². The predicted molar refractivity (Wildman–Crippen MR) is 110 cm³/mol. The van der Waals surface area contributed by atoms with Gasteiger partial charge < -0.3 is 19.5 Å². The minimum atomic E-state index is -0.307. The molecule has 2 heterocycles. The average molecular weight is 388 g/mol. The highest BCUT2D eigenvalue weighted by atomic mass is 16.3. The van der Waals surface area contributed by atoms with Gasteiger partial charge in [0, 0.05) is 23.2 Å². The van der Waals surface area contributed by atoms with Crippen molar-refractivity contribution in [3.8, 4) is 0 Å². The van der Waals surface area contributed by atoms with Crippen molar-refractivity contribution in [3.63, 3.8) is 0 Å². The summed E-state index contributed by atoms with van der Waals surface area (Å²) >= 11 is 0. The van der Waals surface area contributed by atoms with E-state index in [0.717, 1.165) is 27.7 Å². The van der Waals surface area contributed by atoms with E-state index < -0.39 is 0 Å². The highest BCUT2D eigenvalue weighted by Gasteiger charge is 2.11. The van der Waals surface area contributed by atoms with Gasteiger partial charge in [0.15, 0.2) is 5.76 Å². The molecule has 0 aliphatic carbocycles. The lowest BCUT2D eigenvalue weighted by Gasteiger charge is -2.07. The van der Waals surface area contributed by atoms with Gasteiger partial charge in [0.1, 0.15) is 5.58 Å². The van der Waals surface area contributed by atoms with Crippen LogP contribution >= 0.6 is 0 Å². The van der Waals surface area contributed by atoms with Crippen LogP contribution in [-0.2, 0) is 17.8 Å². The smallest absolute Gasteiger partial charge is 0.291 e. The van der Waals surface area contributed by atoms with Crippen LogP contribution in [0, 0.1) is 6.92 Å². The predicted octanol–water partition coefficient (Wildman–Crippen LogP) is 4.45. The Bertz CT molecular complexity index is 1140. The molecule has 6 heteroatoms. The first-order valence-corrected chi connectivity index (χ1v) is 9.26. The van der Waals surface area contributed by atoms with Crippen molar-refractivity contribution >= 4 is 28.5 Å². The second-order valence-corrected chi connectivity index (χ2v) is 6.84. The molecular weight excluding hydrogens is 368 g/mol. The molecule has 0 aliphatic rings. The molecule has 0 saturated carbocycles. The van der Waals surface area contributed by atoms with E-state index in [1.54, 1.807) is 30.5 Å². The molecule has 6 nitrogen and oxygen atoms in total. The summed E-state index contributed by atoms with van der Waals surface area (Å²) in [5.74, 6) is -0.134. The molecule has 0 fully saturated rings. The number of amides is 2. The summed E-state index contributed by atoms with van der Waals surface area (Å²) in [4.78, 5) is 24.3. The number of anilines is 1. The molecule has 2 N–H and O–H groups in total. The number of hydrogen-bond acceptors (Lipinski definition) is 4. The second-order valence-electron chi connectivity index (χ2n) is 6.84. The van der Waals surface area contributed by atoms with Crippen LogP contribution in [-0.4, -0.2) is 11.8 Å². The molecule has 0 saturated heterocycles. The van der Waals surface area contributed by atoms with Crippen LogP contribution in [0.1, 0.15) is 27.2 Å². The highest BCUT2D eigenvalue weighted by Crippen LogP contribution is 2.22. The van der Waals surface area contributed by atoms with Crippen LogP contribution in [0.4, 0.5) is 5.69 Å². The van der Waals surface area contributed by atoms with Gasteiger partial charge in [-0.1, -0.05) is 24.3 Å². The minimum Gasteiger partial charge on any atom is -0.464 e. The number of furan rings is 2. The van der Waals surface area contributed by atoms with E-state index in [4.69, 9.17) is 8.83 Å². The molecule has 146 valence electrons. The Kier molecular flexibility index (Phi) is 5.16. The maximum absolute atomic E-state index is 12.3. The Hall–Kier alpha value is -3.80. The lowest BCUT2D eigenvalue weighted by atomic mass is 10.1. The third-order valence-corrected chi connectivity index (χ3v) is 4.61. The van der Waals surface area contributed by atoms with Crippen molar-refractivity contribution in [1.29, 1.82) is 0 Å². The van der Waals surface area contributed by atoms with Gasteiger partial charge in [0.2, 0.25) is 5.91 Å². The summed E-state index contributed by atoms with van der Waals surface area (Å²) in [7, 11) is 0. The molecule has 0 atom stereocenters. The van der Waals surface area contributed by atoms with E-state index in [-0.39, 0.29) is 24.0 Å². The van der Waals surface area contributed by atoms with Crippen LogP contribution in [0.15, 0.2) is 76.0 Å². The zero-order chi connectivity index (χ0) is 20.2. The van der Waals surface area contributed by atoms with Gasteiger partial charge in [0.25, 0.3) is 5.91 Å². The molecule has 2 aromatic carbocycles. The van der Waals surface area contributed by atoms with E-state index in [0.29, 0.717) is 12.2 Å². The first-order valence-electron chi connectivity index (χ1n) is 9.26. The maximum atomic E-state index is 12.3. The lowest BCUT2D eigenvalue weighted by Crippen LogP contribution is -2.24. The first kappa shape index (κ1) is 18.6. The van der Waals surface area contributed by atoms with Crippen LogP contribution < -0.4 is 10.6 Å². The number of benzene rings is 2. The molecule has 4 aromatic rings. The van der Waals surface area contributed by atoms with Crippen molar-refractivity contribution in [2.24, 2.45) is 0 Å². The van der Waals surface area contributed by atoms with Crippen LogP contribution in [0.5, 0.6) is 0 Å². The van der Waals surface area contributed by atoms with E-state index in [1.807, 2.05) is 37.3 Å². The molecule has 4 rings (SSSR count). The quantitative estimate of drug-likeness (QED) is 0.511. The van der Waals surface area contributed by atoms with Crippen molar-refractivity contribution in [3.05, 3.63) is 89.6 Å². The summed E-state index contributed by atoms with van der Waals surface area (Å²) < 4.78 is 10.6. The first-order chi connectivity index (χ1) is 14.1. The van der Waals surface area contributed by atoms with Crippen molar-refractivity contribution in [2.75, 3.05) is 5.32 Å². The number of nitrogens with one attached hydrogen (secondary N) is 2. The number of carbonyl (C=O) groups excluding carboxylic acids is 2. The number of hydrogen-bond donors (Lipinski definition) is 2. The largest absolute Gasteiger partial charge is 0.464 e. The summed E-state index contributed by atoms with van der Waals surface area (Å²) in [6.07, 6.45) is 3.35. The SMILES string of the molecule is Cc1ccc2c(CC(=O)NCc3ccc(NC(=O)c4ccco4)cc3)coc2c1. The number of aryl methyl sites for hydroxylation is 1. The molecule has 0 spiro atoms. The fourth-order valence-corrected chi connectivity index (χ4v) is 3.07. The van der Waals surface area contributed by atoms with E-state index in [1.165, 1.54) is 6.26 Å². The molecular formula is C23H20N2O4. The van der Waals surface area contributed by atoms with Gasteiger partial charge in [-0.15, -0.1) is 0 Å². The van der Waals surface area contributed by atoms with Crippen molar-refractivity contribution in [1.82, 2.24) is 5.32 Å². The van der Waals surface area contributed by atoms with Gasteiger partial charge in [-0.2, -0.15) is 0 Å². The standard InChI is InChI=1S/C23H20N2O4/c1-15-4-9-19-17(14-29-21(19)11-15)12-22(26)24-13-16-5-7-18(8-6-16)25-23(27)20-3-2-10-28-20/h2-11,14H,12-13H2,1H3,(H,24,26)(H,25,27). The highest BCUT2D eigenvalue weighted by molar-refractivity contribution is 6.02. The summed E-state index contributed by atoms with van der Waals surface area (Å²) in [5, 5.41) is 6.63. The Morgan fingerprint density at radius 3 is 2.59 bits per heavy atom. The molecule has 2 amide bonds. The zero-order valence-electron chi connectivity index (χ0n) is 15.9. The summed E-state index contributed by atoms with van der Waals surface area (Å²) in [6, 6.07) is 16.5. The maximum Gasteiger partial charge on any atom is 0.291 e. The number of carbonyl (C=O) groups is 2. The summed E-state index contributed by atoms with van der Waals surface area (Å²) in [5.41, 5.74) is 4.36. The average Bonchev–Trinajstić information content (AvgIpc) is 3.38. The van der Waals surface area contributed by atoms with Gasteiger partial charge >= 0.3 is 0 Å². The minimum absolute atomic E-state index is 0.0801. The van der Waals surface area contributed by atoms with Gasteiger partial charge in [0.05, 0.1) is 18.9 Å². The fourth-order valence-electron chi connectivity index (χ4n) is 3.07. The molecule has 0 radical (unpaired) electrons. The number of rotatable bonds is 6. The van der Waals surface area contributed by atoms with E-state index in [9.17, 15) is 9.59 Å². The van der Waals surface area contributed by atoms with Gasteiger partial charge in [-0.3, -0.25) is 9.59 Å². The Morgan fingerprint density at radius 2 is 1.83 bits per heavy atom. The molecule has 0 unspecified atom stereocenters. The van der Waals surface area contributed by atoms with Crippen LogP contribution in [0.3, 0.4) is 0 Å². The van der Waals surface area contributed by atoms with Gasteiger partial charge in [-0.25, -0.2) is 0 Å². The van der Waals surface area contributed by atoms with Crippen molar-refractivity contribution in [2.45, 2.75) is 19.9 Å². The number of fused-ring (bicyclic) bond motifs is 1. The molecule has 0 bridgehead atoms. The third-order valence-electron chi connectivity index (χ3n) is 4.61. The van der Waals surface area contributed by atoms with E-state index in [2.05, 4.69) is 10.6 Å². The zero-order valence-corrected chi connectivity index (χ0v) is 15.9. The van der Waals surface area contributed by atoms with E-state index >= 15 is 0 Å². The summed E-state index contributed by atoms with van der Waals surface area (Å²) in [6.45, 7) is 2.40. The van der Waals surface area contributed by atoms with Crippen molar-refractivity contribution < 1.29 is 18.4 Å². The molecule has 0 aliphatic heterocycles. The lowest BCUT2D eigenvalue weighted by molar-refractivity contribution is -0.120. The Balaban J connectivity index is 1.31. The Morgan fingerprint density at radius 1 is 1.00 bits per heavy atom. The fraction of sp³-hybridized carbons (Fsp3) is 0.130. The Labute approximate surface area is 167 Å². The molecule has 29 heavy (non-hydrogen) atoms. The monoisotopic (exact) mass is 388 g/mol. The van der Waals surface area contributed by atoms with Crippen LogP contribution in [0.2, 0.25) is 0 Å². The second kappa shape index (κ2) is 8.06. The van der Waals surface area contributed by atoms with Crippen LogP contribution in [0.25, 0.3) is 11.0 Å².